The lowest BCUT2D eigenvalue weighted by molar-refractivity contribution is -0.139. The normalized spacial score (nSPS) is 25.2. The summed E-state index contributed by atoms with van der Waals surface area (Å²) >= 11 is 0. The van der Waals surface area contributed by atoms with Crippen LogP contribution in [0.1, 0.15) is 46.0 Å². The first-order valence-corrected chi connectivity index (χ1v) is 6.25. The number of nitrogens with zero attached hydrogens (tertiary/aromatic N) is 1. The SMILES string of the molecule is CCC1(CC)NC(=O)CCN(C2CC2)C1=O. The summed E-state index contributed by atoms with van der Waals surface area (Å²) in [5, 5.41) is 2.92. The van der Waals surface area contributed by atoms with E-state index in [4.69, 9.17) is 0 Å². The third kappa shape index (κ3) is 1.81. The van der Waals surface area contributed by atoms with Gasteiger partial charge in [-0.05, 0) is 25.7 Å². The zero-order valence-corrected chi connectivity index (χ0v) is 10.1. The van der Waals surface area contributed by atoms with Gasteiger partial charge in [-0.3, -0.25) is 9.59 Å². The van der Waals surface area contributed by atoms with E-state index >= 15 is 0 Å². The fraction of sp³-hybridized carbons (Fsp3) is 0.833. The second-order valence-electron chi connectivity index (χ2n) is 4.82. The van der Waals surface area contributed by atoms with Gasteiger partial charge in [-0.2, -0.15) is 0 Å². The van der Waals surface area contributed by atoms with Crippen LogP contribution in [0.2, 0.25) is 0 Å². The van der Waals surface area contributed by atoms with Crippen LogP contribution in [0.3, 0.4) is 0 Å². The van der Waals surface area contributed by atoms with Crippen molar-refractivity contribution in [2.75, 3.05) is 6.54 Å². The van der Waals surface area contributed by atoms with E-state index in [9.17, 15) is 9.59 Å². The number of hydrogen-bond acceptors (Lipinski definition) is 2. The molecule has 4 heteroatoms. The van der Waals surface area contributed by atoms with Crippen LogP contribution in [0.4, 0.5) is 0 Å². The van der Waals surface area contributed by atoms with Crippen molar-refractivity contribution in [1.29, 1.82) is 0 Å². The average Bonchev–Trinajstić information content (AvgIpc) is 3.09. The van der Waals surface area contributed by atoms with Gasteiger partial charge in [-0.15, -0.1) is 0 Å². The third-order valence-corrected chi connectivity index (χ3v) is 3.82. The number of carbonyl (C=O) groups is 2. The lowest BCUT2D eigenvalue weighted by Gasteiger charge is -2.33. The van der Waals surface area contributed by atoms with Gasteiger partial charge in [0, 0.05) is 19.0 Å². The molecule has 1 saturated heterocycles. The molecule has 1 heterocycles. The number of amides is 2. The van der Waals surface area contributed by atoms with Crippen LogP contribution in [0, 0.1) is 0 Å². The average molecular weight is 224 g/mol. The smallest absolute Gasteiger partial charge is 0.248 e. The van der Waals surface area contributed by atoms with E-state index in [-0.39, 0.29) is 11.8 Å². The Morgan fingerprint density at radius 1 is 1.31 bits per heavy atom. The largest absolute Gasteiger partial charge is 0.342 e. The van der Waals surface area contributed by atoms with E-state index in [2.05, 4.69) is 5.32 Å². The molecule has 1 aliphatic heterocycles. The molecule has 16 heavy (non-hydrogen) atoms. The van der Waals surface area contributed by atoms with Gasteiger partial charge in [0.2, 0.25) is 11.8 Å². The molecule has 0 radical (unpaired) electrons. The Bertz CT molecular complexity index is 306. The maximum Gasteiger partial charge on any atom is 0.248 e. The van der Waals surface area contributed by atoms with E-state index in [1.807, 2.05) is 18.7 Å². The Hall–Kier alpha value is -1.06. The molecule has 1 N–H and O–H groups in total. The zero-order valence-electron chi connectivity index (χ0n) is 10.1. The second kappa shape index (κ2) is 4.07. The topological polar surface area (TPSA) is 49.4 Å². The van der Waals surface area contributed by atoms with Crippen molar-refractivity contribution in [2.24, 2.45) is 0 Å². The van der Waals surface area contributed by atoms with E-state index in [1.165, 1.54) is 0 Å². The summed E-state index contributed by atoms with van der Waals surface area (Å²) in [6, 6.07) is 0.401. The van der Waals surface area contributed by atoms with Crippen LogP contribution in [-0.2, 0) is 9.59 Å². The van der Waals surface area contributed by atoms with Crippen LogP contribution in [0.25, 0.3) is 0 Å². The van der Waals surface area contributed by atoms with Crippen molar-refractivity contribution in [2.45, 2.75) is 57.5 Å². The summed E-state index contributed by atoms with van der Waals surface area (Å²) in [4.78, 5) is 26.0. The molecule has 0 unspecified atom stereocenters. The maximum atomic E-state index is 12.5. The Labute approximate surface area is 96.4 Å². The predicted octanol–water partition coefficient (Wildman–Crippen LogP) is 1.06. The number of hydrogen-bond donors (Lipinski definition) is 1. The fourth-order valence-electron chi connectivity index (χ4n) is 2.45. The molecule has 2 amide bonds. The van der Waals surface area contributed by atoms with Gasteiger partial charge in [0.1, 0.15) is 5.54 Å². The highest BCUT2D eigenvalue weighted by Gasteiger charge is 2.45. The van der Waals surface area contributed by atoms with Crippen molar-refractivity contribution < 1.29 is 9.59 Å². The first-order valence-electron chi connectivity index (χ1n) is 6.25. The molecular weight excluding hydrogens is 204 g/mol. The Morgan fingerprint density at radius 3 is 2.44 bits per heavy atom. The molecule has 1 aliphatic carbocycles. The lowest BCUT2D eigenvalue weighted by atomic mass is 9.91. The minimum Gasteiger partial charge on any atom is -0.342 e. The molecule has 4 nitrogen and oxygen atoms in total. The molecule has 1 saturated carbocycles. The van der Waals surface area contributed by atoms with Crippen LogP contribution < -0.4 is 5.32 Å². The van der Waals surface area contributed by atoms with Crippen molar-refractivity contribution in [1.82, 2.24) is 10.2 Å². The van der Waals surface area contributed by atoms with E-state index in [1.54, 1.807) is 0 Å². The van der Waals surface area contributed by atoms with Crippen molar-refractivity contribution >= 4 is 11.8 Å². The molecule has 0 aromatic carbocycles. The second-order valence-corrected chi connectivity index (χ2v) is 4.82. The Kier molecular flexibility index (Phi) is 2.91. The van der Waals surface area contributed by atoms with E-state index < -0.39 is 5.54 Å². The van der Waals surface area contributed by atoms with Crippen molar-refractivity contribution in [3.05, 3.63) is 0 Å². The zero-order chi connectivity index (χ0) is 11.8. The minimum atomic E-state index is -0.643. The van der Waals surface area contributed by atoms with Gasteiger partial charge in [-0.25, -0.2) is 0 Å². The fourth-order valence-corrected chi connectivity index (χ4v) is 2.45. The first-order chi connectivity index (χ1) is 7.63. The summed E-state index contributed by atoms with van der Waals surface area (Å²) in [6.07, 6.45) is 4.01. The number of nitrogens with one attached hydrogen (secondary N) is 1. The van der Waals surface area contributed by atoms with Gasteiger partial charge in [-0.1, -0.05) is 13.8 Å². The molecular formula is C12H20N2O2. The van der Waals surface area contributed by atoms with Gasteiger partial charge in [0.15, 0.2) is 0 Å². The number of rotatable bonds is 3. The highest BCUT2D eigenvalue weighted by atomic mass is 16.2. The van der Waals surface area contributed by atoms with Crippen LogP contribution in [-0.4, -0.2) is 34.8 Å². The molecule has 2 aliphatic rings. The van der Waals surface area contributed by atoms with Crippen LogP contribution in [0.15, 0.2) is 0 Å². The van der Waals surface area contributed by atoms with Gasteiger partial charge in [0.25, 0.3) is 0 Å². The Morgan fingerprint density at radius 2 is 1.94 bits per heavy atom. The highest BCUT2D eigenvalue weighted by molar-refractivity contribution is 5.93. The molecule has 0 aromatic rings. The number of carbonyl (C=O) groups excluding carboxylic acids is 2. The highest BCUT2D eigenvalue weighted by Crippen LogP contribution is 2.32. The van der Waals surface area contributed by atoms with Crippen molar-refractivity contribution in [3.63, 3.8) is 0 Å². The minimum absolute atomic E-state index is 0.0141. The summed E-state index contributed by atoms with van der Waals surface area (Å²) in [5.74, 6) is 0.144. The van der Waals surface area contributed by atoms with Gasteiger partial charge in [0.05, 0.1) is 0 Å². The summed E-state index contributed by atoms with van der Waals surface area (Å²) in [7, 11) is 0. The molecule has 0 bridgehead atoms. The van der Waals surface area contributed by atoms with Gasteiger partial charge >= 0.3 is 0 Å². The van der Waals surface area contributed by atoms with Crippen LogP contribution >= 0.6 is 0 Å². The molecule has 0 spiro atoms. The maximum absolute atomic E-state index is 12.5. The lowest BCUT2D eigenvalue weighted by Crippen LogP contribution is -2.56. The predicted molar refractivity (Wildman–Crippen MR) is 60.8 cm³/mol. The van der Waals surface area contributed by atoms with E-state index in [0.29, 0.717) is 31.8 Å². The molecule has 0 aromatic heterocycles. The third-order valence-electron chi connectivity index (χ3n) is 3.82. The van der Waals surface area contributed by atoms with Crippen molar-refractivity contribution in [3.8, 4) is 0 Å². The molecule has 90 valence electrons. The first kappa shape index (κ1) is 11.4. The Balaban J connectivity index is 2.26. The standard InChI is InChI=1S/C12H20N2O2/c1-3-12(4-2)11(16)14(9-5-6-9)8-7-10(15)13-12/h9H,3-8H2,1-2H3,(H,13,15). The van der Waals surface area contributed by atoms with E-state index in [0.717, 1.165) is 12.8 Å². The molecule has 0 atom stereocenters. The molecule has 2 fully saturated rings. The summed E-state index contributed by atoms with van der Waals surface area (Å²) in [5.41, 5.74) is -0.643. The summed E-state index contributed by atoms with van der Waals surface area (Å²) in [6.45, 7) is 4.53. The molecule has 2 rings (SSSR count). The quantitative estimate of drug-likeness (QED) is 0.779. The monoisotopic (exact) mass is 224 g/mol. The summed E-state index contributed by atoms with van der Waals surface area (Å²) < 4.78 is 0. The van der Waals surface area contributed by atoms with Gasteiger partial charge < -0.3 is 10.2 Å². The van der Waals surface area contributed by atoms with Crippen LogP contribution in [0.5, 0.6) is 0 Å².